The number of fused-ring (bicyclic) bond motifs is 1. The van der Waals surface area contributed by atoms with E-state index in [1.807, 2.05) is 18.4 Å². The van der Waals surface area contributed by atoms with Crippen LogP contribution in [0.25, 0.3) is 10.9 Å². The summed E-state index contributed by atoms with van der Waals surface area (Å²) in [5.74, 6) is 0. The van der Waals surface area contributed by atoms with Crippen molar-refractivity contribution in [3.8, 4) is 0 Å². The van der Waals surface area contributed by atoms with Crippen LogP contribution < -0.4 is 5.73 Å². The lowest BCUT2D eigenvalue weighted by molar-refractivity contribution is 0.956. The number of H-pyrrole nitrogens is 1. The molecule has 0 unspecified atom stereocenters. The molecule has 5 nitrogen and oxygen atoms in total. The van der Waals surface area contributed by atoms with Gasteiger partial charge in [-0.05, 0) is 18.4 Å². The maximum absolute atomic E-state index is 6.02. The summed E-state index contributed by atoms with van der Waals surface area (Å²) >= 11 is 4.69. The van der Waals surface area contributed by atoms with Gasteiger partial charge in [-0.15, -0.1) is 10.2 Å². The second-order valence-corrected chi connectivity index (χ2v) is 6.81. The minimum absolute atomic E-state index is 0.731. The molecule has 18 heavy (non-hydrogen) atoms. The molecule has 0 spiro atoms. The van der Waals surface area contributed by atoms with Gasteiger partial charge in [-0.2, -0.15) is 5.10 Å². The van der Waals surface area contributed by atoms with Crippen LogP contribution in [0, 0.1) is 0 Å². The highest BCUT2D eigenvalue weighted by atomic mass is 32.2. The lowest BCUT2D eigenvalue weighted by Crippen LogP contribution is -1.88. The lowest BCUT2D eigenvalue weighted by Gasteiger charge is -2.02. The van der Waals surface area contributed by atoms with Crippen LogP contribution in [0.15, 0.2) is 31.9 Å². The Kier molecular flexibility index (Phi) is 3.14. The highest BCUT2D eigenvalue weighted by Gasteiger charge is 2.09. The Bertz CT molecular complexity index is 690. The Balaban J connectivity index is 1.95. The number of nitrogen functional groups attached to an aromatic ring is 1. The van der Waals surface area contributed by atoms with Gasteiger partial charge in [-0.3, -0.25) is 5.10 Å². The van der Waals surface area contributed by atoms with Crippen molar-refractivity contribution in [2.45, 2.75) is 13.6 Å². The number of nitrogens with two attached hydrogens (primary N) is 1. The standard InChI is InChI=1S/C10H9N5S3/c1-16-9-14-15-10(18-9)17-8-3-7-5(2-6(8)11)4-12-13-7/h2-4H,11H2,1H3,(H,12,13). The predicted octanol–water partition coefficient (Wildman–Crippen LogP) is 2.87. The fourth-order valence-electron chi connectivity index (χ4n) is 1.49. The molecule has 0 saturated carbocycles. The number of rotatable bonds is 3. The molecular formula is C10H9N5S3. The summed E-state index contributed by atoms with van der Waals surface area (Å²) in [6, 6.07) is 3.90. The van der Waals surface area contributed by atoms with Crippen LogP contribution in [-0.4, -0.2) is 26.7 Å². The molecule has 3 rings (SSSR count). The molecule has 0 amide bonds. The molecule has 0 aliphatic rings. The monoisotopic (exact) mass is 295 g/mol. The van der Waals surface area contributed by atoms with Gasteiger partial charge in [0.1, 0.15) is 0 Å². The lowest BCUT2D eigenvalue weighted by atomic mass is 10.2. The number of hydrogen-bond donors (Lipinski definition) is 2. The van der Waals surface area contributed by atoms with Gasteiger partial charge in [0.15, 0.2) is 8.68 Å². The third-order valence-corrected chi connectivity index (χ3v) is 5.35. The van der Waals surface area contributed by atoms with Gasteiger partial charge in [0.25, 0.3) is 0 Å². The molecular weight excluding hydrogens is 286 g/mol. The third kappa shape index (κ3) is 2.18. The minimum Gasteiger partial charge on any atom is -0.398 e. The largest absolute Gasteiger partial charge is 0.398 e. The molecule has 1 aromatic carbocycles. The van der Waals surface area contributed by atoms with Crippen LogP contribution in [0.5, 0.6) is 0 Å². The highest BCUT2D eigenvalue weighted by Crippen LogP contribution is 2.37. The second-order valence-electron chi connectivity index (χ2n) is 3.49. The van der Waals surface area contributed by atoms with E-state index in [4.69, 9.17) is 5.73 Å². The van der Waals surface area contributed by atoms with E-state index < -0.39 is 0 Å². The van der Waals surface area contributed by atoms with Gasteiger partial charge in [-0.25, -0.2) is 0 Å². The predicted molar refractivity (Wildman–Crippen MR) is 76.3 cm³/mol. The quantitative estimate of drug-likeness (QED) is 0.571. The first-order valence-corrected chi connectivity index (χ1v) is 7.90. The Labute approximate surface area is 116 Å². The van der Waals surface area contributed by atoms with Gasteiger partial charge >= 0.3 is 0 Å². The molecule has 92 valence electrons. The Morgan fingerprint density at radius 1 is 1.28 bits per heavy atom. The van der Waals surface area contributed by atoms with Crippen molar-refractivity contribution >= 4 is 51.5 Å². The van der Waals surface area contributed by atoms with Crippen LogP contribution in [0.2, 0.25) is 0 Å². The van der Waals surface area contributed by atoms with Crippen LogP contribution >= 0.6 is 34.9 Å². The molecule has 0 aliphatic carbocycles. The number of nitrogens with one attached hydrogen (secondary N) is 1. The topological polar surface area (TPSA) is 80.5 Å². The van der Waals surface area contributed by atoms with Crippen LogP contribution in [0.1, 0.15) is 0 Å². The number of aromatic nitrogens is 4. The van der Waals surface area contributed by atoms with E-state index in [1.54, 1.807) is 29.3 Å². The van der Waals surface area contributed by atoms with E-state index in [9.17, 15) is 0 Å². The van der Waals surface area contributed by atoms with Crippen LogP contribution in [0.3, 0.4) is 0 Å². The maximum atomic E-state index is 6.02. The van der Waals surface area contributed by atoms with Crippen LogP contribution in [-0.2, 0) is 0 Å². The molecule has 3 N–H and O–H groups in total. The molecule has 8 heteroatoms. The van der Waals surface area contributed by atoms with E-state index in [2.05, 4.69) is 20.4 Å². The Morgan fingerprint density at radius 2 is 2.11 bits per heavy atom. The number of aromatic amines is 1. The number of hydrogen-bond acceptors (Lipinski definition) is 7. The maximum Gasteiger partial charge on any atom is 0.179 e. The highest BCUT2D eigenvalue weighted by molar-refractivity contribution is 8.03. The van der Waals surface area contributed by atoms with Crippen molar-refractivity contribution in [2.75, 3.05) is 12.0 Å². The fraction of sp³-hybridized carbons (Fsp3) is 0.100. The minimum atomic E-state index is 0.731. The first-order chi connectivity index (χ1) is 8.76. The second kappa shape index (κ2) is 4.79. The summed E-state index contributed by atoms with van der Waals surface area (Å²) in [5, 5.41) is 16.1. The smallest absolute Gasteiger partial charge is 0.179 e. The molecule has 0 aliphatic heterocycles. The molecule has 0 fully saturated rings. The van der Waals surface area contributed by atoms with Crippen molar-refractivity contribution in [1.82, 2.24) is 20.4 Å². The number of thioether (sulfide) groups is 1. The van der Waals surface area contributed by atoms with Crippen molar-refractivity contribution in [3.05, 3.63) is 18.3 Å². The first-order valence-electron chi connectivity index (χ1n) is 5.04. The zero-order valence-corrected chi connectivity index (χ0v) is 11.8. The van der Waals surface area contributed by atoms with Crippen LogP contribution in [0.4, 0.5) is 5.69 Å². The molecule has 0 saturated heterocycles. The van der Waals surface area contributed by atoms with Crippen molar-refractivity contribution in [1.29, 1.82) is 0 Å². The summed E-state index contributed by atoms with van der Waals surface area (Å²) in [4.78, 5) is 0.968. The van der Waals surface area contributed by atoms with Gasteiger partial charge < -0.3 is 5.73 Å². The van der Waals surface area contributed by atoms with Gasteiger partial charge in [0, 0.05) is 16.0 Å². The molecule has 3 aromatic rings. The van der Waals surface area contributed by atoms with E-state index in [1.165, 1.54) is 11.8 Å². The fourth-order valence-corrected chi connectivity index (χ4v) is 3.95. The zero-order chi connectivity index (χ0) is 12.5. The molecule has 2 heterocycles. The summed E-state index contributed by atoms with van der Waals surface area (Å²) in [6.07, 6.45) is 3.75. The van der Waals surface area contributed by atoms with E-state index >= 15 is 0 Å². The van der Waals surface area contributed by atoms with Crippen molar-refractivity contribution in [2.24, 2.45) is 0 Å². The summed E-state index contributed by atoms with van der Waals surface area (Å²) in [6.45, 7) is 0. The summed E-state index contributed by atoms with van der Waals surface area (Å²) in [7, 11) is 0. The average molecular weight is 295 g/mol. The molecule has 2 aromatic heterocycles. The molecule has 0 atom stereocenters. The Hall–Kier alpha value is -1.25. The van der Waals surface area contributed by atoms with Crippen molar-refractivity contribution in [3.63, 3.8) is 0 Å². The Morgan fingerprint density at radius 3 is 2.89 bits per heavy atom. The normalized spacial score (nSPS) is 11.2. The summed E-state index contributed by atoms with van der Waals surface area (Å²) in [5.41, 5.74) is 7.73. The van der Waals surface area contributed by atoms with E-state index in [0.717, 1.165) is 30.2 Å². The first kappa shape index (κ1) is 11.8. The summed E-state index contributed by atoms with van der Waals surface area (Å²) < 4.78 is 1.85. The average Bonchev–Trinajstić information content (AvgIpc) is 2.98. The zero-order valence-electron chi connectivity index (χ0n) is 9.38. The number of anilines is 1. The van der Waals surface area contributed by atoms with Gasteiger partial charge in [0.2, 0.25) is 0 Å². The van der Waals surface area contributed by atoms with Gasteiger partial charge in [0.05, 0.1) is 11.7 Å². The van der Waals surface area contributed by atoms with E-state index in [-0.39, 0.29) is 0 Å². The van der Waals surface area contributed by atoms with Crippen molar-refractivity contribution < 1.29 is 0 Å². The molecule has 0 bridgehead atoms. The number of nitrogens with zero attached hydrogens (tertiary/aromatic N) is 3. The van der Waals surface area contributed by atoms with Gasteiger partial charge in [-0.1, -0.05) is 34.9 Å². The van der Waals surface area contributed by atoms with E-state index in [0.29, 0.717) is 0 Å². The molecule has 0 radical (unpaired) electrons. The number of benzene rings is 1. The SMILES string of the molecule is CSc1nnc(Sc2cc3[nH]ncc3cc2N)s1. The third-order valence-electron chi connectivity index (χ3n) is 2.33.